The lowest BCUT2D eigenvalue weighted by atomic mass is 9.99. The summed E-state index contributed by atoms with van der Waals surface area (Å²) in [5.74, 6) is -0.207. The van der Waals surface area contributed by atoms with Gasteiger partial charge in [-0.1, -0.05) is 18.2 Å². The number of amides is 2. The molecule has 1 aliphatic carbocycles. The molecule has 1 aromatic heterocycles. The molecule has 23 heavy (non-hydrogen) atoms. The number of aliphatic hydroxyl groups is 1. The van der Waals surface area contributed by atoms with Gasteiger partial charge in [-0.3, -0.25) is 0 Å². The first-order valence-electron chi connectivity index (χ1n) is 7.51. The van der Waals surface area contributed by atoms with Crippen molar-refractivity contribution >= 4 is 17.4 Å². The molecular weight excluding hydrogens is 315 g/mol. The van der Waals surface area contributed by atoms with Crippen LogP contribution in [0.4, 0.5) is 9.18 Å². The minimum absolute atomic E-state index is 0.0272. The van der Waals surface area contributed by atoms with E-state index in [0.29, 0.717) is 5.56 Å². The minimum atomic E-state index is -1.11. The molecule has 3 rings (SSSR count). The van der Waals surface area contributed by atoms with Crippen LogP contribution in [0.5, 0.6) is 0 Å². The number of thiophene rings is 1. The summed E-state index contributed by atoms with van der Waals surface area (Å²) < 4.78 is 13.7. The average Bonchev–Trinajstić information content (AvgIpc) is 3.03. The van der Waals surface area contributed by atoms with Crippen LogP contribution in [0.15, 0.2) is 41.1 Å². The third-order valence-corrected chi connectivity index (χ3v) is 4.83. The molecule has 3 N–H and O–H groups in total. The van der Waals surface area contributed by atoms with Crippen molar-refractivity contribution in [3.63, 3.8) is 0 Å². The van der Waals surface area contributed by atoms with Crippen LogP contribution in [0.25, 0.3) is 0 Å². The molecule has 0 radical (unpaired) electrons. The van der Waals surface area contributed by atoms with E-state index in [1.165, 1.54) is 17.4 Å². The predicted octanol–water partition coefficient (Wildman–Crippen LogP) is 2.95. The van der Waals surface area contributed by atoms with Crippen molar-refractivity contribution in [1.82, 2.24) is 10.6 Å². The summed E-state index contributed by atoms with van der Waals surface area (Å²) >= 11 is 1.50. The summed E-state index contributed by atoms with van der Waals surface area (Å²) in [6, 6.07) is 8.07. The average molecular weight is 334 g/mol. The lowest BCUT2D eigenvalue weighted by Crippen LogP contribution is -2.44. The van der Waals surface area contributed by atoms with E-state index in [2.05, 4.69) is 10.6 Å². The van der Waals surface area contributed by atoms with Crippen molar-refractivity contribution in [2.75, 3.05) is 6.54 Å². The van der Waals surface area contributed by atoms with E-state index in [9.17, 15) is 14.3 Å². The lowest BCUT2D eigenvalue weighted by Gasteiger charge is -2.22. The van der Waals surface area contributed by atoms with E-state index in [1.807, 2.05) is 16.8 Å². The highest BCUT2D eigenvalue weighted by Gasteiger charge is 2.41. The molecule has 6 heteroatoms. The van der Waals surface area contributed by atoms with E-state index < -0.39 is 5.60 Å². The van der Waals surface area contributed by atoms with Crippen molar-refractivity contribution in [1.29, 1.82) is 0 Å². The minimum Gasteiger partial charge on any atom is -0.384 e. The summed E-state index contributed by atoms with van der Waals surface area (Å²) in [6.45, 7) is 1.78. The molecular formula is C17H19FN2O2S. The molecule has 3 atom stereocenters. The van der Waals surface area contributed by atoms with E-state index >= 15 is 0 Å². The summed E-state index contributed by atoms with van der Waals surface area (Å²) in [5, 5.41) is 19.6. The Labute approximate surface area is 138 Å². The van der Waals surface area contributed by atoms with Crippen molar-refractivity contribution < 1.29 is 14.3 Å². The Hall–Kier alpha value is -1.92. The van der Waals surface area contributed by atoms with Crippen LogP contribution in [0.3, 0.4) is 0 Å². The SMILES string of the molecule is CC(O)(CNC(=O)NC1CC1c1ccccc1F)c1ccsc1. The number of rotatable bonds is 5. The lowest BCUT2D eigenvalue weighted by molar-refractivity contribution is 0.0598. The maximum absolute atomic E-state index is 13.7. The van der Waals surface area contributed by atoms with Crippen LogP contribution in [-0.4, -0.2) is 23.7 Å². The van der Waals surface area contributed by atoms with Gasteiger partial charge in [-0.2, -0.15) is 11.3 Å². The number of carbonyl (C=O) groups excluding carboxylic acids is 1. The van der Waals surface area contributed by atoms with Gasteiger partial charge in [0.15, 0.2) is 0 Å². The molecule has 0 aliphatic heterocycles. The Morgan fingerprint density at radius 2 is 2.22 bits per heavy atom. The van der Waals surface area contributed by atoms with Gasteiger partial charge in [0.05, 0.1) is 6.54 Å². The van der Waals surface area contributed by atoms with Gasteiger partial charge in [-0.15, -0.1) is 0 Å². The zero-order chi connectivity index (χ0) is 16.4. The molecule has 0 saturated heterocycles. The maximum Gasteiger partial charge on any atom is 0.315 e. The van der Waals surface area contributed by atoms with Crippen LogP contribution >= 0.6 is 11.3 Å². The first-order chi connectivity index (χ1) is 11.0. The maximum atomic E-state index is 13.7. The Balaban J connectivity index is 1.49. The number of halogens is 1. The number of hydrogen-bond donors (Lipinski definition) is 3. The van der Waals surface area contributed by atoms with Crippen molar-refractivity contribution in [2.45, 2.75) is 30.9 Å². The smallest absolute Gasteiger partial charge is 0.315 e. The van der Waals surface area contributed by atoms with Gasteiger partial charge >= 0.3 is 6.03 Å². The van der Waals surface area contributed by atoms with Gasteiger partial charge in [0, 0.05) is 12.0 Å². The van der Waals surface area contributed by atoms with Gasteiger partial charge in [0.2, 0.25) is 0 Å². The molecule has 2 aromatic rings. The fraction of sp³-hybridized carbons (Fsp3) is 0.353. The second kappa shape index (κ2) is 6.29. The summed E-state index contributed by atoms with van der Waals surface area (Å²) in [4.78, 5) is 11.9. The van der Waals surface area contributed by atoms with E-state index in [0.717, 1.165) is 12.0 Å². The molecule has 1 fully saturated rings. The first-order valence-corrected chi connectivity index (χ1v) is 8.45. The molecule has 2 amide bonds. The van der Waals surface area contributed by atoms with Gasteiger partial charge in [0.25, 0.3) is 0 Å². The van der Waals surface area contributed by atoms with Gasteiger partial charge in [0.1, 0.15) is 11.4 Å². The second-order valence-electron chi connectivity index (χ2n) is 6.08. The molecule has 1 aromatic carbocycles. The largest absolute Gasteiger partial charge is 0.384 e. The summed E-state index contributed by atoms with van der Waals surface area (Å²) in [5.41, 5.74) is 0.313. The molecule has 3 unspecified atom stereocenters. The monoisotopic (exact) mass is 334 g/mol. The molecule has 4 nitrogen and oxygen atoms in total. The Bertz CT molecular complexity index is 688. The van der Waals surface area contributed by atoms with Crippen molar-refractivity contribution in [3.05, 3.63) is 58.0 Å². The first kappa shape index (κ1) is 16.0. The highest BCUT2D eigenvalue weighted by Crippen LogP contribution is 2.41. The predicted molar refractivity (Wildman–Crippen MR) is 88.0 cm³/mol. The zero-order valence-corrected chi connectivity index (χ0v) is 13.6. The standard InChI is InChI=1S/C17H19FN2O2S/c1-17(22,11-6-7-23-9-11)10-19-16(21)20-15-8-13(15)12-4-2-3-5-14(12)18/h2-7,9,13,15,22H,8,10H2,1H3,(H2,19,20,21). The van der Waals surface area contributed by atoms with Gasteiger partial charge in [-0.25, -0.2) is 9.18 Å². The van der Waals surface area contributed by atoms with Crippen LogP contribution in [-0.2, 0) is 5.60 Å². The second-order valence-corrected chi connectivity index (χ2v) is 6.86. The Kier molecular flexibility index (Phi) is 4.37. The van der Waals surface area contributed by atoms with Gasteiger partial charge < -0.3 is 15.7 Å². The Morgan fingerprint density at radius 1 is 1.43 bits per heavy atom. The van der Waals surface area contributed by atoms with Crippen molar-refractivity contribution in [2.24, 2.45) is 0 Å². The molecule has 1 aliphatic rings. The van der Waals surface area contributed by atoms with Crippen LogP contribution in [0.1, 0.15) is 30.4 Å². The molecule has 0 bridgehead atoms. The van der Waals surface area contributed by atoms with Crippen LogP contribution < -0.4 is 10.6 Å². The topological polar surface area (TPSA) is 61.4 Å². The number of carbonyl (C=O) groups is 1. The van der Waals surface area contributed by atoms with Gasteiger partial charge in [-0.05, 0) is 47.4 Å². The molecule has 1 heterocycles. The highest BCUT2D eigenvalue weighted by atomic mass is 32.1. The van der Waals surface area contributed by atoms with Crippen molar-refractivity contribution in [3.8, 4) is 0 Å². The number of benzene rings is 1. The quantitative estimate of drug-likeness (QED) is 0.787. The van der Waals surface area contributed by atoms with Crippen LogP contribution in [0, 0.1) is 5.82 Å². The highest BCUT2D eigenvalue weighted by molar-refractivity contribution is 7.08. The normalized spacial score (nSPS) is 22.2. The van der Waals surface area contributed by atoms with E-state index in [1.54, 1.807) is 25.1 Å². The number of urea groups is 1. The number of hydrogen-bond acceptors (Lipinski definition) is 3. The summed E-state index contributed by atoms with van der Waals surface area (Å²) in [6.07, 6.45) is 0.731. The van der Waals surface area contributed by atoms with E-state index in [4.69, 9.17) is 0 Å². The van der Waals surface area contributed by atoms with Crippen LogP contribution in [0.2, 0.25) is 0 Å². The fourth-order valence-electron chi connectivity index (χ4n) is 2.62. The molecule has 122 valence electrons. The third kappa shape index (κ3) is 3.71. The molecule has 1 saturated carbocycles. The molecule has 0 spiro atoms. The van der Waals surface area contributed by atoms with E-state index in [-0.39, 0.29) is 30.4 Å². The Morgan fingerprint density at radius 3 is 2.91 bits per heavy atom. The number of nitrogens with one attached hydrogen (secondary N) is 2. The fourth-order valence-corrected chi connectivity index (χ4v) is 3.40. The zero-order valence-electron chi connectivity index (χ0n) is 12.8. The summed E-state index contributed by atoms with van der Waals surface area (Å²) in [7, 11) is 0. The third-order valence-electron chi connectivity index (χ3n) is 4.15.